The number of carbonyl (C=O) groups is 2. The average Bonchev–Trinajstić information content (AvgIpc) is 2.71. The molecule has 0 saturated carbocycles. The van der Waals surface area contributed by atoms with Crippen molar-refractivity contribution in [1.82, 2.24) is 4.90 Å². The minimum Gasteiger partial charge on any atom is -0.334 e. The molecule has 0 bridgehead atoms. The van der Waals surface area contributed by atoms with Gasteiger partial charge < -0.3 is 15.1 Å². The summed E-state index contributed by atoms with van der Waals surface area (Å²) < 4.78 is 39.3. The van der Waals surface area contributed by atoms with E-state index in [2.05, 4.69) is 5.32 Å². The second kappa shape index (κ2) is 10.2. The summed E-state index contributed by atoms with van der Waals surface area (Å²) in [5.41, 5.74) is -0.194. The van der Waals surface area contributed by atoms with Gasteiger partial charge in [-0.15, -0.1) is 0 Å². The monoisotopic (exact) mass is 422 g/mol. The van der Waals surface area contributed by atoms with Crippen LogP contribution in [-0.2, 0) is 22.3 Å². The Morgan fingerprint density at radius 1 is 1.07 bits per heavy atom. The lowest BCUT2D eigenvalue weighted by molar-refractivity contribution is -0.886. The maximum Gasteiger partial charge on any atom is 0.418 e. The Balaban J connectivity index is 2.00. The summed E-state index contributed by atoms with van der Waals surface area (Å²) in [6.07, 6.45) is -4.56. The molecule has 1 unspecified atom stereocenters. The Kier molecular flexibility index (Phi) is 8.00. The third-order valence-electron chi connectivity index (χ3n) is 4.97. The van der Waals surface area contributed by atoms with E-state index in [1.54, 1.807) is 18.9 Å². The predicted octanol–water partition coefficient (Wildman–Crippen LogP) is 2.60. The molecule has 162 valence electrons. The molecule has 0 aliphatic heterocycles. The Hall–Kier alpha value is -2.87. The molecule has 2 aromatic carbocycles. The Morgan fingerprint density at radius 2 is 1.67 bits per heavy atom. The fourth-order valence-corrected chi connectivity index (χ4v) is 3.07. The highest BCUT2D eigenvalue weighted by atomic mass is 19.4. The molecule has 0 saturated heterocycles. The molecule has 0 heterocycles. The van der Waals surface area contributed by atoms with Crippen molar-refractivity contribution in [1.29, 1.82) is 0 Å². The zero-order chi connectivity index (χ0) is 22.3. The first-order chi connectivity index (χ1) is 14.1. The number of rotatable bonds is 8. The molecule has 8 heteroatoms. The summed E-state index contributed by atoms with van der Waals surface area (Å²) in [6.45, 7) is 4.42. The van der Waals surface area contributed by atoms with E-state index in [9.17, 15) is 22.8 Å². The number of para-hydroxylation sites is 1. The molecule has 0 fully saturated rings. The summed E-state index contributed by atoms with van der Waals surface area (Å²) in [5, 5.41) is 2.32. The van der Waals surface area contributed by atoms with Gasteiger partial charge in [0.1, 0.15) is 0 Å². The van der Waals surface area contributed by atoms with Crippen LogP contribution >= 0.6 is 0 Å². The molecule has 2 rings (SSSR count). The van der Waals surface area contributed by atoms with E-state index < -0.39 is 23.7 Å². The van der Waals surface area contributed by atoms with Crippen molar-refractivity contribution in [3.05, 3.63) is 65.7 Å². The van der Waals surface area contributed by atoms with Crippen molar-refractivity contribution >= 4 is 17.5 Å². The van der Waals surface area contributed by atoms with Crippen molar-refractivity contribution in [2.24, 2.45) is 0 Å². The smallest absolute Gasteiger partial charge is 0.334 e. The van der Waals surface area contributed by atoms with Crippen LogP contribution in [0.25, 0.3) is 0 Å². The van der Waals surface area contributed by atoms with Crippen LogP contribution in [0.1, 0.15) is 25.0 Å². The molecule has 2 atom stereocenters. The normalized spacial score (nSPS) is 13.4. The number of likely N-dealkylation sites (N-methyl/N-ethyl adjacent to an activating group) is 2. The first-order valence-electron chi connectivity index (χ1n) is 9.74. The molecule has 0 aromatic heterocycles. The van der Waals surface area contributed by atoms with Gasteiger partial charge in [0.05, 0.1) is 18.3 Å². The lowest BCUT2D eigenvalue weighted by Gasteiger charge is -2.27. The van der Waals surface area contributed by atoms with Gasteiger partial charge >= 0.3 is 6.18 Å². The Labute approximate surface area is 174 Å². The molecule has 30 heavy (non-hydrogen) atoms. The number of amides is 2. The van der Waals surface area contributed by atoms with Gasteiger partial charge in [-0.1, -0.05) is 42.5 Å². The number of carbonyl (C=O) groups excluding carboxylic acids is 2. The van der Waals surface area contributed by atoms with Crippen molar-refractivity contribution < 1.29 is 27.7 Å². The van der Waals surface area contributed by atoms with Gasteiger partial charge in [0.2, 0.25) is 0 Å². The molecule has 0 aliphatic rings. The fraction of sp³-hybridized carbons (Fsp3) is 0.364. The number of nitrogens with one attached hydrogen (secondary N) is 2. The second-order valence-corrected chi connectivity index (χ2v) is 7.17. The van der Waals surface area contributed by atoms with Crippen LogP contribution in [0.4, 0.5) is 18.9 Å². The number of anilines is 1. The van der Waals surface area contributed by atoms with Gasteiger partial charge in [0.25, 0.3) is 11.8 Å². The van der Waals surface area contributed by atoms with Crippen LogP contribution in [0.2, 0.25) is 0 Å². The summed E-state index contributed by atoms with van der Waals surface area (Å²) >= 11 is 0. The van der Waals surface area contributed by atoms with E-state index in [4.69, 9.17) is 0 Å². The van der Waals surface area contributed by atoms with Crippen molar-refractivity contribution in [3.63, 3.8) is 0 Å². The number of hydrogen-bond donors (Lipinski definition) is 2. The van der Waals surface area contributed by atoms with E-state index in [0.29, 0.717) is 18.0 Å². The van der Waals surface area contributed by atoms with Crippen molar-refractivity contribution in [3.8, 4) is 0 Å². The summed E-state index contributed by atoms with van der Waals surface area (Å²) in [7, 11) is 1.67. The SMILES string of the molecule is CCN(Cc1ccccc1)C(=O)[C@H](C)[NH+](C)CC(=O)Nc1ccccc1C(F)(F)F. The first-order valence-corrected chi connectivity index (χ1v) is 9.74. The van der Waals surface area contributed by atoms with E-state index >= 15 is 0 Å². The topological polar surface area (TPSA) is 53.9 Å². The Bertz CT molecular complexity index is 856. The highest BCUT2D eigenvalue weighted by molar-refractivity contribution is 5.92. The zero-order valence-corrected chi connectivity index (χ0v) is 17.3. The molecular weight excluding hydrogens is 395 g/mol. The number of hydrogen-bond acceptors (Lipinski definition) is 2. The number of alkyl halides is 3. The maximum atomic E-state index is 13.1. The first kappa shape index (κ1) is 23.4. The lowest BCUT2D eigenvalue weighted by atomic mass is 10.1. The van der Waals surface area contributed by atoms with Gasteiger partial charge in [0, 0.05) is 13.1 Å². The van der Waals surface area contributed by atoms with Crippen LogP contribution in [-0.4, -0.2) is 42.9 Å². The van der Waals surface area contributed by atoms with Crippen LogP contribution < -0.4 is 10.2 Å². The number of benzene rings is 2. The molecule has 2 N–H and O–H groups in total. The molecule has 0 radical (unpaired) electrons. The lowest BCUT2D eigenvalue weighted by Crippen LogP contribution is -3.15. The Morgan fingerprint density at radius 3 is 2.27 bits per heavy atom. The minimum absolute atomic E-state index is 0.123. The van der Waals surface area contributed by atoms with Gasteiger partial charge in [-0.2, -0.15) is 13.2 Å². The molecule has 5 nitrogen and oxygen atoms in total. The van der Waals surface area contributed by atoms with Crippen molar-refractivity contribution in [2.75, 3.05) is 25.5 Å². The summed E-state index contributed by atoms with van der Waals surface area (Å²) in [5.74, 6) is -0.711. The highest BCUT2D eigenvalue weighted by Crippen LogP contribution is 2.34. The zero-order valence-electron chi connectivity index (χ0n) is 17.3. The number of nitrogens with zero attached hydrogens (tertiary/aromatic N) is 1. The number of halogens is 3. The molecular formula is C22H27F3N3O2+. The van der Waals surface area contributed by atoms with Gasteiger partial charge in [-0.05, 0) is 31.5 Å². The van der Waals surface area contributed by atoms with Crippen LogP contribution in [0, 0.1) is 0 Å². The molecule has 0 aliphatic carbocycles. The molecule has 2 amide bonds. The quantitative estimate of drug-likeness (QED) is 0.687. The van der Waals surface area contributed by atoms with Gasteiger partial charge in [-0.3, -0.25) is 9.59 Å². The van der Waals surface area contributed by atoms with Crippen LogP contribution in [0.3, 0.4) is 0 Å². The third kappa shape index (κ3) is 6.32. The van der Waals surface area contributed by atoms with E-state index in [1.165, 1.54) is 18.2 Å². The van der Waals surface area contributed by atoms with E-state index in [-0.39, 0.29) is 18.1 Å². The standard InChI is InChI=1S/C22H26F3N3O2/c1-4-28(14-17-10-6-5-7-11-17)21(30)16(2)27(3)15-20(29)26-19-13-9-8-12-18(19)22(23,24)25/h5-13,16H,4,14-15H2,1-3H3,(H,26,29)/p+1/t16-/m0/s1. The van der Waals surface area contributed by atoms with E-state index in [1.807, 2.05) is 37.3 Å². The predicted molar refractivity (Wildman–Crippen MR) is 109 cm³/mol. The largest absolute Gasteiger partial charge is 0.418 e. The number of quaternary nitrogens is 1. The van der Waals surface area contributed by atoms with Crippen LogP contribution in [0.5, 0.6) is 0 Å². The third-order valence-corrected chi connectivity index (χ3v) is 4.97. The van der Waals surface area contributed by atoms with Crippen LogP contribution in [0.15, 0.2) is 54.6 Å². The van der Waals surface area contributed by atoms with Gasteiger partial charge in [0.15, 0.2) is 12.6 Å². The molecule has 2 aromatic rings. The summed E-state index contributed by atoms with van der Waals surface area (Å²) in [6, 6.07) is 13.9. The van der Waals surface area contributed by atoms with Crippen molar-refractivity contribution in [2.45, 2.75) is 32.6 Å². The summed E-state index contributed by atoms with van der Waals surface area (Å²) in [4.78, 5) is 27.5. The maximum absolute atomic E-state index is 13.1. The average molecular weight is 422 g/mol. The van der Waals surface area contributed by atoms with Gasteiger partial charge in [-0.25, -0.2) is 0 Å². The van der Waals surface area contributed by atoms with E-state index in [0.717, 1.165) is 11.6 Å². The minimum atomic E-state index is -4.56. The molecule has 0 spiro atoms. The fourth-order valence-electron chi connectivity index (χ4n) is 3.07. The second-order valence-electron chi connectivity index (χ2n) is 7.17. The highest BCUT2D eigenvalue weighted by Gasteiger charge is 2.34.